The van der Waals surface area contributed by atoms with Gasteiger partial charge < -0.3 is 10.2 Å². The summed E-state index contributed by atoms with van der Waals surface area (Å²) in [5, 5.41) is 5.18. The van der Waals surface area contributed by atoms with Crippen molar-refractivity contribution in [3.05, 3.63) is 57.8 Å². The number of nitrogens with one attached hydrogen (secondary N) is 1. The van der Waals surface area contributed by atoms with E-state index < -0.39 is 28.5 Å². The quantitative estimate of drug-likeness (QED) is 0.725. The summed E-state index contributed by atoms with van der Waals surface area (Å²) in [6.07, 6.45) is 0. The van der Waals surface area contributed by atoms with Crippen LogP contribution in [0.5, 0.6) is 0 Å². The van der Waals surface area contributed by atoms with Gasteiger partial charge in [0.15, 0.2) is 0 Å². The van der Waals surface area contributed by atoms with Crippen molar-refractivity contribution in [2.45, 2.75) is 18.6 Å². The molecule has 1 saturated heterocycles. The Morgan fingerprint density at radius 1 is 1.30 bits per heavy atom. The van der Waals surface area contributed by atoms with Crippen LogP contribution in [0.15, 0.2) is 41.8 Å². The first-order valence-corrected chi connectivity index (χ1v) is 10.3. The van der Waals surface area contributed by atoms with Crippen LogP contribution in [-0.2, 0) is 26.0 Å². The maximum absolute atomic E-state index is 12.8. The number of carbonyl (C=O) groups is 2. The van der Waals surface area contributed by atoms with E-state index in [4.69, 9.17) is 4.55 Å². The molecule has 1 fully saturated rings. The Kier molecular flexibility index (Phi) is 4.38. The Morgan fingerprint density at radius 3 is 2.74 bits per heavy atom. The standard InChI is InChI=1S/C16H15N3O6S2/c20-15(17-8-10-4-2-1-3-5-10)13-14-11(6-7-26-14)12-9-18(13)16(21)19(12)25-27(22,23)24/h1-7,12-13H,8-9H2,(H,17,20)(H,22,23,24). The summed E-state index contributed by atoms with van der Waals surface area (Å²) in [6.45, 7) is 0.384. The number of thiophene rings is 1. The van der Waals surface area contributed by atoms with Crippen LogP contribution in [0, 0.1) is 0 Å². The van der Waals surface area contributed by atoms with E-state index in [-0.39, 0.29) is 12.5 Å². The largest absolute Gasteiger partial charge is 0.418 e. The van der Waals surface area contributed by atoms with Crippen LogP contribution < -0.4 is 5.32 Å². The van der Waals surface area contributed by atoms with Gasteiger partial charge in [-0.25, -0.2) is 4.79 Å². The van der Waals surface area contributed by atoms with Gasteiger partial charge in [-0.05, 0) is 22.6 Å². The van der Waals surface area contributed by atoms with E-state index in [1.54, 1.807) is 11.4 Å². The minimum atomic E-state index is -4.87. The molecule has 2 bridgehead atoms. The third kappa shape index (κ3) is 3.30. The smallest absolute Gasteiger partial charge is 0.350 e. The number of nitrogens with zero attached hydrogens (tertiary/aromatic N) is 2. The molecule has 3 amide bonds. The maximum atomic E-state index is 12.8. The highest BCUT2D eigenvalue weighted by Crippen LogP contribution is 2.46. The van der Waals surface area contributed by atoms with Crippen LogP contribution in [-0.4, -0.2) is 41.4 Å². The molecule has 1 aromatic heterocycles. The molecule has 2 aliphatic rings. The van der Waals surface area contributed by atoms with Crippen molar-refractivity contribution in [2.75, 3.05) is 6.54 Å². The second-order valence-corrected chi connectivity index (χ2v) is 8.08. The van der Waals surface area contributed by atoms with Crippen molar-refractivity contribution in [1.82, 2.24) is 15.3 Å². The number of urea groups is 1. The molecule has 0 saturated carbocycles. The lowest BCUT2D eigenvalue weighted by atomic mass is 9.99. The number of hydroxylamine groups is 2. The summed E-state index contributed by atoms with van der Waals surface area (Å²) in [6, 6.07) is 8.67. The van der Waals surface area contributed by atoms with Gasteiger partial charge in [0.2, 0.25) is 5.91 Å². The van der Waals surface area contributed by atoms with Gasteiger partial charge in [0.25, 0.3) is 0 Å². The Bertz CT molecular complexity index is 991. The average Bonchev–Trinajstić information content (AvgIpc) is 3.20. The summed E-state index contributed by atoms with van der Waals surface area (Å²) < 4.78 is 35.6. The summed E-state index contributed by atoms with van der Waals surface area (Å²) in [5.74, 6) is -0.372. The number of fused-ring (bicyclic) bond motifs is 4. The Hall–Kier alpha value is -2.47. The predicted molar refractivity (Wildman–Crippen MR) is 94.7 cm³/mol. The first-order valence-electron chi connectivity index (χ1n) is 8.01. The molecule has 2 aromatic rings. The molecule has 4 rings (SSSR count). The molecule has 11 heteroatoms. The molecule has 2 atom stereocenters. The molecule has 0 aliphatic carbocycles. The highest BCUT2D eigenvalue weighted by Gasteiger charge is 2.52. The van der Waals surface area contributed by atoms with Crippen molar-refractivity contribution in [2.24, 2.45) is 0 Å². The maximum Gasteiger partial charge on any atom is 0.418 e. The average molecular weight is 409 g/mol. The molecule has 9 nitrogen and oxygen atoms in total. The summed E-state index contributed by atoms with van der Waals surface area (Å²) >= 11 is 1.30. The van der Waals surface area contributed by atoms with Crippen molar-refractivity contribution in [3.8, 4) is 0 Å². The summed E-state index contributed by atoms with van der Waals surface area (Å²) in [4.78, 5) is 27.3. The summed E-state index contributed by atoms with van der Waals surface area (Å²) in [5.41, 5.74) is 1.54. The van der Waals surface area contributed by atoms with Crippen LogP contribution in [0.25, 0.3) is 0 Å². The van der Waals surface area contributed by atoms with Gasteiger partial charge in [-0.3, -0.25) is 9.35 Å². The van der Waals surface area contributed by atoms with Crippen LogP contribution in [0.2, 0.25) is 0 Å². The fourth-order valence-electron chi connectivity index (χ4n) is 3.34. The molecule has 2 N–H and O–H groups in total. The number of hydrogen-bond donors (Lipinski definition) is 2. The lowest BCUT2D eigenvalue weighted by molar-refractivity contribution is -0.125. The fraction of sp³-hybridized carbons (Fsp3) is 0.250. The van der Waals surface area contributed by atoms with E-state index in [1.165, 1.54) is 16.2 Å². The van der Waals surface area contributed by atoms with Gasteiger partial charge in [0.05, 0.1) is 6.54 Å². The van der Waals surface area contributed by atoms with E-state index >= 15 is 0 Å². The molecular formula is C16H15N3O6S2. The molecule has 27 heavy (non-hydrogen) atoms. The second kappa shape index (κ2) is 6.60. The molecule has 1 aromatic carbocycles. The normalized spacial score (nSPS) is 21.3. The topological polar surface area (TPSA) is 116 Å². The molecule has 2 unspecified atom stereocenters. The third-order valence-corrected chi connectivity index (χ3v) is 5.80. The van der Waals surface area contributed by atoms with E-state index in [1.807, 2.05) is 30.3 Å². The van der Waals surface area contributed by atoms with E-state index in [2.05, 4.69) is 9.60 Å². The fourth-order valence-corrected chi connectivity index (χ4v) is 4.77. The minimum absolute atomic E-state index is 0.0848. The van der Waals surface area contributed by atoms with Gasteiger partial charge in [-0.1, -0.05) is 30.3 Å². The Balaban J connectivity index is 1.60. The van der Waals surface area contributed by atoms with Gasteiger partial charge >= 0.3 is 16.4 Å². The van der Waals surface area contributed by atoms with E-state index in [0.29, 0.717) is 22.0 Å². The van der Waals surface area contributed by atoms with E-state index in [0.717, 1.165) is 5.56 Å². The zero-order valence-corrected chi connectivity index (χ0v) is 15.4. The van der Waals surface area contributed by atoms with E-state index in [9.17, 15) is 18.0 Å². The zero-order chi connectivity index (χ0) is 19.2. The lowest BCUT2D eigenvalue weighted by Crippen LogP contribution is -2.43. The molecule has 3 heterocycles. The monoisotopic (exact) mass is 409 g/mol. The SMILES string of the molecule is O=C(NCc1ccccc1)C1c2sccc2C2CN1C(=O)N2OS(=O)(=O)O. The highest BCUT2D eigenvalue weighted by molar-refractivity contribution is 7.80. The number of amides is 3. The molecule has 0 radical (unpaired) electrons. The first kappa shape index (κ1) is 17.9. The molecular weight excluding hydrogens is 394 g/mol. The van der Waals surface area contributed by atoms with Gasteiger partial charge in [0, 0.05) is 11.4 Å². The predicted octanol–water partition coefficient (Wildman–Crippen LogP) is 1.63. The van der Waals surface area contributed by atoms with Crippen molar-refractivity contribution < 1.29 is 26.8 Å². The first-order chi connectivity index (χ1) is 12.8. The number of hydrogen-bond acceptors (Lipinski definition) is 6. The van der Waals surface area contributed by atoms with Crippen LogP contribution in [0.4, 0.5) is 4.79 Å². The van der Waals surface area contributed by atoms with Crippen molar-refractivity contribution >= 4 is 33.7 Å². The van der Waals surface area contributed by atoms with Crippen LogP contribution in [0.3, 0.4) is 0 Å². The van der Waals surface area contributed by atoms with Crippen molar-refractivity contribution in [3.63, 3.8) is 0 Å². The lowest BCUT2D eigenvalue weighted by Gasteiger charge is -2.29. The summed E-state index contributed by atoms with van der Waals surface area (Å²) in [7, 11) is -4.87. The highest BCUT2D eigenvalue weighted by atomic mass is 32.3. The Labute approximate surface area is 159 Å². The molecule has 2 aliphatic heterocycles. The van der Waals surface area contributed by atoms with Crippen LogP contribution >= 0.6 is 11.3 Å². The number of carbonyl (C=O) groups excluding carboxylic acids is 2. The minimum Gasteiger partial charge on any atom is -0.350 e. The van der Waals surface area contributed by atoms with Gasteiger partial charge in [-0.15, -0.1) is 15.6 Å². The Morgan fingerprint density at radius 2 is 2.04 bits per heavy atom. The molecule has 0 spiro atoms. The van der Waals surface area contributed by atoms with Crippen LogP contribution in [0.1, 0.15) is 28.1 Å². The van der Waals surface area contributed by atoms with Crippen molar-refractivity contribution in [1.29, 1.82) is 0 Å². The number of benzene rings is 1. The zero-order valence-electron chi connectivity index (χ0n) is 13.8. The van der Waals surface area contributed by atoms with Gasteiger partial charge in [0.1, 0.15) is 12.1 Å². The third-order valence-electron chi connectivity index (χ3n) is 4.47. The second-order valence-electron chi connectivity index (χ2n) is 6.12. The number of rotatable bonds is 5. The molecule has 142 valence electrons. The van der Waals surface area contributed by atoms with Gasteiger partial charge in [-0.2, -0.15) is 13.5 Å².